The molecular formula is C20H29N5. The molecule has 25 heavy (non-hydrogen) atoms. The molecule has 1 atom stereocenters. The molecule has 1 aliphatic carbocycles. The van der Waals surface area contributed by atoms with Gasteiger partial charge in [0.05, 0.1) is 17.9 Å². The molecule has 2 aliphatic rings. The highest BCUT2D eigenvalue weighted by Gasteiger charge is 2.25. The monoisotopic (exact) mass is 339 g/mol. The fourth-order valence-corrected chi connectivity index (χ4v) is 4.14. The Labute approximate surface area is 150 Å². The summed E-state index contributed by atoms with van der Waals surface area (Å²) in [6.07, 6.45) is 10.1. The first kappa shape index (κ1) is 16.7. The maximum absolute atomic E-state index is 4.40. The van der Waals surface area contributed by atoms with Crippen LogP contribution in [0.3, 0.4) is 0 Å². The molecule has 2 aromatic rings. The van der Waals surface area contributed by atoms with Gasteiger partial charge in [-0.15, -0.1) is 5.10 Å². The summed E-state index contributed by atoms with van der Waals surface area (Å²) in [4.78, 5) is 2.52. The quantitative estimate of drug-likeness (QED) is 0.878. The number of nitrogens with zero attached hydrogens (tertiary/aromatic N) is 4. The van der Waals surface area contributed by atoms with Crippen molar-refractivity contribution in [3.8, 4) is 0 Å². The predicted molar refractivity (Wildman–Crippen MR) is 99.1 cm³/mol. The molecule has 2 fully saturated rings. The van der Waals surface area contributed by atoms with E-state index in [4.69, 9.17) is 0 Å². The van der Waals surface area contributed by atoms with Gasteiger partial charge in [0.1, 0.15) is 0 Å². The summed E-state index contributed by atoms with van der Waals surface area (Å²) in [6, 6.07) is 11.9. The molecule has 1 aromatic carbocycles. The molecule has 5 nitrogen and oxygen atoms in total. The molecular weight excluding hydrogens is 310 g/mol. The van der Waals surface area contributed by atoms with Gasteiger partial charge >= 0.3 is 0 Å². The molecule has 2 heterocycles. The Balaban J connectivity index is 1.27. The van der Waals surface area contributed by atoms with E-state index in [0.717, 1.165) is 38.3 Å². The molecule has 0 spiro atoms. The Kier molecular flexibility index (Phi) is 5.43. The van der Waals surface area contributed by atoms with Gasteiger partial charge in [-0.2, -0.15) is 0 Å². The van der Waals surface area contributed by atoms with E-state index in [0.29, 0.717) is 12.1 Å². The maximum atomic E-state index is 4.40. The van der Waals surface area contributed by atoms with Crippen LogP contribution in [-0.4, -0.2) is 39.0 Å². The van der Waals surface area contributed by atoms with Gasteiger partial charge in [0, 0.05) is 32.2 Å². The predicted octanol–water partition coefficient (Wildman–Crippen LogP) is 3.15. The van der Waals surface area contributed by atoms with Gasteiger partial charge in [0.2, 0.25) is 0 Å². The molecule has 1 saturated heterocycles. The van der Waals surface area contributed by atoms with Gasteiger partial charge in [-0.05, 0) is 24.8 Å². The van der Waals surface area contributed by atoms with Crippen molar-refractivity contribution >= 4 is 0 Å². The summed E-state index contributed by atoms with van der Waals surface area (Å²) >= 11 is 0. The maximum Gasteiger partial charge on any atom is 0.0965 e. The van der Waals surface area contributed by atoms with Gasteiger partial charge in [-0.1, -0.05) is 54.8 Å². The second-order valence-electron chi connectivity index (χ2n) is 7.57. The molecule has 1 N–H and O–H groups in total. The highest BCUT2D eigenvalue weighted by Crippen LogP contribution is 2.23. The fourth-order valence-electron chi connectivity index (χ4n) is 4.14. The van der Waals surface area contributed by atoms with Crippen molar-refractivity contribution in [2.24, 2.45) is 0 Å². The molecule has 1 unspecified atom stereocenters. The van der Waals surface area contributed by atoms with Crippen LogP contribution in [0.5, 0.6) is 0 Å². The van der Waals surface area contributed by atoms with Crippen molar-refractivity contribution in [2.75, 3.05) is 13.1 Å². The van der Waals surface area contributed by atoms with Crippen LogP contribution in [0.25, 0.3) is 0 Å². The highest BCUT2D eigenvalue weighted by atomic mass is 15.4. The normalized spacial score (nSPS) is 22.5. The SMILES string of the molecule is c1ccc(CN2CCC(n3cc(CNC4CCCCC4)nn3)C2)cc1. The molecule has 0 amide bonds. The lowest BCUT2D eigenvalue weighted by Gasteiger charge is -2.22. The van der Waals surface area contributed by atoms with Gasteiger partial charge in [0.15, 0.2) is 0 Å². The smallest absolute Gasteiger partial charge is 0.0965 e. The minimum atomic E-state index is 0.458. The first-order chi connectivity index (χ1) is 12.4. The molecule has 4 rings (SSSR count). The Hall–Kier alpha value is -1.72. The van der Waals surface area contributed by atoms with Crippen LogP contribution in [0, 0.1) is 0 Å². The van der Waals surface area contributed by atoms with E-state index >= 15 is 0 Å². The van der Waals surface area contributed by atoms with Crippen LogP contribution in [0.4, 0.5) is 0 Å². The number of aromatic nitrogens is 3. The lowest BCUT2D eigenvalue weighted by Crippen LogP contribution is -2.30. The van der Waals surface area contributed by atoms with Crippen LogP contribution < -0.4 is 5.32 Å². The van der Waals surface area contributed by atoms with E-state index in [9.17, 15) is 0 Å². The van der Waals surface area contributed by atoms with Gasteiger partial charge < -0.3 is 5.32 Å². The third kappa shape index (κ3) is 4.47. The molecule has 5 heteroatoms. The van der Waals surface area contributed by atoms with E-state index in [1.165, 1.54) is 37.7 Å². The van der Waals surface area contributed by atoms with E-state index in [1.807, 2.05) is 0 Å². The zero-order chi connectivity index (χ0) is 16.9. The minimum Gasteiger partial charge on any atom is -0.308 e. The number of hydrogen-bond donors (Lipinski definition) is 1. The van der Waals surface area contributed by atoms with E-state index in [-0.39, 0.29) is 0 Å². The molecule has 1 saturated carbocycles. The van der Waals surface area contributed by atoms with Gasteiger partial charge in [-0.25, -0.2) is 4.68 Å². The zero-order valence-electron chi connectivity index (χ0n) is 15.0. The van der Waals surface area contributed by atoms with Crippen LogP contribution in [-0.2, 0) is 13.1 Å². The topological polar surface area (TPSA) is 46.0 Å². The first-order valence-corrected chi connectivity index (χ1v) is 9.77. The third-order valence-electron chi connectivity index (χ3n) is 5.61. The van der Waals surface area contributed by atoms with Crippen molar-refractivity contribution < 1.29 is 0 Å². The molecule has 0 bridgehead atoms. The summed E-state index contributed by atoms with van der Waals surface area (Å²) in [7, 11) is 0. The molecule has 1 aromatic heterocycles. The summed E-state index contributed by atoms with van der Waals surface area (Å²) in [5.74, 6) is 0. The minimum absolute atomic E-state index is 0.458. The lowest BCUT2D eigenvalue weighted by atomic mass is 9.95. The number of likely N-dealkylation sites (tertiary alicyclic amines) is 1. The molecule has 134 valence electrons. The Morgan fingerprint density at radius 1 is 1.04 bits per heavy atom. The number of nitrogens with one attached hydrogen (secondary N) is 1. The van der Waals surface area contributed by atoms with Crippen molar-refractivity contribution in [1.82, 2.24) is 25.2 Å². The highest BCUT2D eigenvalue weighted by molar-refractivity contribution is 5.14. The Morgan fingerprint density at radius 2 is 1.88 bits per heavy atom. The second kappa shape index (κ2) is 8.11. The zero-order valence-corrected chi connectivity index (χ0v) is 15.0. The van der Waals surface area contributed by atoms with E-state index < -0.39 is 0 Å². The van der Waals surface area contributed by atoms with Crippen molar-refractivity contribution in [3.63, 3.8) is 0 Å². The number of hydrogen-bond acceptors (Lipinski definition) is 4. The van der Waals surface area contributed by atoms with Crippen LogP contribution in [0.1, 0.15) is 55.8 Å². The van der Waals surface area contributed by atoms with Gasteiger partial charge in [-0.3, -0.25) is 4.90 Å². The number of rotatable bonds is 6. The van der Waals surface area contributed by atoms with Crippen molar-refractivity contribution in [2.45, 2.75) is 63.7 Å². The summed E-state index contributed by atoms with van der Waals surface area (Å²) < 4.78 is 2.09. The van der Waals surface area contributed by atoms with Crippen LogP contribution >= 0.6 is 0 Å². The van der Waals surface area contributed by atoms with Crippen molar-refractivity contribution in [1.29, 1.82) is 0 Å². The lowest BCUT2D eigenvalue weighted by molar-refractivity contribution is 0.310. The summed E-state index contributed by atoms with van der Waals surface area (Å²) in [6.45, 7) is 4.08. The Bertz CT molecular complexity index is 647. The second-order valence-corrected chi connectivity index (χ2v) is 7.57. The summed E-state index contributed by atoms with van der Waals surface area (Å²) in [5, 5.41) is 12.4. The van der Waals surface area contributed by atoms with Gasteiger partial charge in [0.25, 0.3) is 0 Å². The van der Waals surface area contributed by atoms with E-state index in [2.05, 4.69) is 61.7 Å². The fraction of sp³-hybridized carbons (Fsp3) is 0.600. The van der Waals surface area contributed by atoms with Crippen LogP contribution in [0.2, 0.25) is 0 Å². The summed E-state index contributed by atoms with van der Waals surface area (Å²) in [5.41, 5.74) is 2.46. The first-order valence-electron chi connectivity index (χ1n) is 9.77. The largest absolute Gasteiger partial charge is 0.308 e. The van der Waals surface area contributed by atoms with Crippen LogP contribution in [0.15, 0.2) is 36.5 Å². The standard InChI is InChI=1S/C20H29N5/c1-3-7-17(8-4-1)14-24-12-11-20(16-24)25-15-19(22-23-25)13-21-18-9-5-2-6-10-18/h1,3-4,7-8,15,18,20-21H,2,5-6,9-14,16H2. The van der Waals surface area contributed by atoms with E-state index in [1.54, 1.807) is 0 Å². The molecule has 1 aliphatic heterocycles. The van der Waals surface area contributed by atoms with Crippen molar-refractivity contribution in [3.05, 3.63) is 47.8 Å². The Morgan fingerprint density at radius 3 is 2.72 bits per heavy atom. The third-order valence-corrected chi connectivity index (χ3v) is 5.61. The average Bonchev–Trinajstić information content (AvgIpc) is 3.31. The average molecular weight is 339 g/mol. The number of benzene rings is 1. The molecule has 0 radical (unpaired) electrons.